The number of aromatic nitrogens is 2. The van der Waals surface area contributed by atoms with Crippen molar-refractivity contribution in [3.05, 3.63) is 42.0 Å². The second-order valence-corrected chi connectivity index (χ2v) is 6.85. The molecule has 2 aromatic rings. The molecule has 2 bridgehead atoms. The molecule has 1 saturated carbocycles. The van der Waals surface area contributed by atoms with Gasteiger partial charge in [-0.25, -0.2) is 0 Å². The molecule has 4 aliphatic rings. The second kappa shape index (κ2) is 5.04. The SMILES string of the molecule is c1ccc(OCc2noc(C3CN4CC5CC4(CO3)C5)n2)cc1. The van der Waals surface area contributed by atoms with Crippen LogP contribution in [0.25, 0.3) is 0 Å². The highest BCUT2D eigenvalue weighted by atomic mass is 16.5. The first kappa shape index (κ1) is 13.5. The summed E-state index contributed by atoms with van der Waals surface area (Å²) in [4.78, 5) is 7.00. The third-order valence-corrected chi connectivity index (χ3v) is 5.30. The molecular formula is C17H19N3O3. The van der Waals surface area contributed by atoms with Gasteiger partial charge < -0.3 is 14.0 Å². The van der Waals surface area contributed by atoms with Gasteiger partial charge in [0.2, 0.25) is 5.82 Å². The summed E-state index contributed by atoms with van der Waals surface area (Å²) in [5, 5.41) is 4.01. The quantitative estimate of drug-likeness (QED) is 0.862. The Bertz CT molecular complexity index is 696. The highest BCUT2D eigenvalue weighted by molar-refractivity contribution is 5.21. The fourth-order valence-electron chi connectivity index (χ4n) is 4.16. The van der Waals surface area contributed by atoms with Crippen LogP contribution in [0.5, 0.6) is 5.75 Å². The molecule has 6 nitrogen and oxygen atoms in total. The van der Waals surface area contributed by atoms with E-state index in [1.807, 2.05) is 30.3 Å². The van der Waals surface area contributed by atoms with Gasteiger partial charge in [0.15, 0.2) is 6.61 Å². The monoisotopic (exact) mass is 313 g/mol. The highest BCUT2D eigenvalue weighted by Gasteiger charge is 2.58. The van der Waals surface area contributed by atoms with Crippen molar-refractivity contribution in [2.45, 2.75) is 31.1 Å². The summed E-state index contributed by atoms with van der Waals surface area (Å²) in [5.41, 5.74) is 0.320. The summed E-state index contributed by atoms with van der Waals surface area (Å²) in [6.45, 7) is 3.14. The Kier molecular flexibility index (Phi) is 2.96. The van der Waals surface area contributed by atoms with Crippen molar-refractivity contribution in [3.8, 4) is 5.75 Å². The summed E-state index contributed by atoms with van der Waals surface area (Å²) in [6, 6.07) is 9.64. The third kappa shape index (κ3) is 2.24. The summed E-state index contributed by atoms with van der Waals surface area (Å²) >= 11 is 0. The van der Waals surface area contributed by atoms with E-state index >= 15 is 0 Å². The maximum Gasteiger partial charge on any atom is 0.257 e. The minimum atomic E-state index is -0.113. The van der Waals surface area contributed by atoms with E-state index in [4.69, 9.17) is 14.0 Å². The Morgan fingerprint density at radius 3 is 2.96 bits per heavy atom. The largest absolute Gasteiger partial charge is 0.485 e. The van der Waals surface area contributed by atoms with E-state index in [0.717, 1.165) is 24.8 Å². The predicted octanol–water partition coefficient (Wildman–Crippen LogP) is 2.18. The van der Waals surface area contributed by atoms with Crippen molar-refractivity contribution in [3.63, 3.8) is 0 Å². The van der Waals surface area contributed by atoms with Crippen LogP contribution in [-0.2, 0) is 11.3 Å². The maximum atomic E-state index is 6.02. The zero-order valence-electron chi connectivity index (χ0n) is 12.9. The van der Waals surface area contributed by atoms with Crippen LogP contribution >= 0.6 is 0 Å². The molecule has 23 heavy (non-hydrogen) atoms. The van der Waals surface area contributed by atoms with Crippen molar-refractivity contribution in [1.29, 1.82) is 0 Å². The number of morpholine rings is 1. The summed E-state index contributed by atoms with van der Waals surface area (Å²) in [5.74, 6) is 2.79. The number of hydrogen-bond acceptors (Lipinski definition) is 6. The first-order valence-electron chi connectivity index (χ1n) is 8.18. The van der Waals surface area contributed by atoms with Gasteiger partial charge in [0.1, 0.15) is 11.9 Å². The van der Waals surface area contributed by atoms with Crippen LogP contribution in [0.1, 0.15) is 30.7 Å². The number of para-hydroxylation sites is 1. The lowest BCUT2D eigenvalue weighted by molar-refractivity contribution is -0.114. The van der Waals surface area contributed by atoms with E-state index in [9.17, 15) is 0 Å². The summed E-state index contributed by atoms with van der Waals surface area (Å²) < 4.78 is 17.1. The van der Waals surface area contributed by atoms with E-state index in [0.29, 0.717) is 23.9 Å². The van der Waals surface area contributed by atoms with Crippen molar-refractivity contribution in [2.24, 2.45) is 5.92 Å². The fraction of sp³-hybridized carbons (Fsp3) is 0.529. The normalized spacial score (nSPS) is 32.3. The van der Waals surface area contributed by atoms with Gasteiger partial charge in [-0.1, -0.05) is 23.4 Å². The number of nitrogens with zero attached hydrogens (tertiary/aromatic N) is 3. The van der Waals surface area contributed by atoms with E-state index in [-0.39, 0.29) is 6.10 Å². The summed E-state index contributed by atoms with van der Waals surface area (Å²) in [7, 11) is 0. The van der Waals surface area contributed by atoms with Crippen molar-refractivity contribution in [2.75, 3.05) is 19.7 Å². The van der Waals surface area contributed by atoms with E-state index in [1.165, 1.54) is 19.4 Å². The van der Waals surface area contributed by atoms with Crippen LogP contribution in [0.15, 0.2) is 34.9 Å². The molecule has 1 aromatic heterocycles. The lowest BCUT2D eigenvalue weighted by atomic mass is 9.73. The van der Waals surface area contributed by atoms with Gasteiger partial charge in [-0.05, 0) is 30.9 Å². The smallest absolute Gasteiger partial charge is 0.257 e. The molecule has 1 atom stereocenters. The van der Waals surface area contributed by atoms with Gasteiger partial charge >= 0.3 is 0 Å². The molecule has 1 spiro atoms. The average Bonchev–Trinajstić information content (AvgIpc) is 3.25. The molecule has 0 N–H and O–H groups in total. The van der Waals surface area contributed by atoms with Crippen molar-refractivity contribution in [1.82, 2.24) is 15.0 Å². The molecule has 6 heteroatoms. The fourth-order valence-corrected chi connectivity index (χ4v) is 4.16. The number of ether oxygens (including phenoxy) is 2. The molecule has 1 unspecified atom stereocenters. The first-order valence-corrected chi connectivity index (χ1v) is 8.18. The van der Waals surface area contributed by atoms with Crippen molar-refractivity contribution >= 4 is 0 Å². The average molecular weight is 313 g/mol. The van der Waals surface area contributed by atoms with Crippen LogP contribution in [0.4, 0.5) is 0 Å². The topological polar surface area (TPSA) is 60.6 Å². The molecule has 4 heterocycles. The molecule has 3 aliphatic heterocycles. The van der Waals surface area contributed by atoms with Gasteiger partial charge in [-0.3, -0.25) is 4.90 Å². The van der Waals surface area contributed by atoms with E-state index in [1.54, 1.807) is 0 Å². The van der Waals surface area contributed by atoms with Gasteiger partial charge in [0.05, 0.1) is 6.61 Å². The van der Waals surface area contributed by atoms with E-state index in [2.05, 4.69) is 15.0 Å². The Balaban J connectivity index is 1.23. The molecule has 6 rings (SSSR count). The number of rotatable bonds is 4. The van der Waals surface area contributed by atoms with E-state index < -0.39 is 0 Å². The number of hydrogen-bond donors (Lipinski definition) is 0. The minimum absolute atomic E-state index is 0.113. The molecule has 120 valence electrons. The molecule has 1 aliphatic carbocycles. The number of benzene rings is 1. The zero-order valence-corrected chi connectivity index (χ0v) is 12.9. The van der Waals surface area contributed by atoms with Crippen LogP contribution in [0, 0.1) is 5.92 Å². The van der Waals surface area contributed by atoms with Crippen LogP contribution < -0.4 is 4.74 Å². The molecule has 3 saturated heterocycles. The van der Waals surface area contributed by atoms with Crippen molar-refractivity contribution < 1.29 is 14.0 Å². The first-order chi connectivity index (χ1) is 11.3. The molecular weight excluding hydrogens is 294 g/mol. The highest BCUT2D eigenvalue weighted by Crippen LogP contribution is 2.53. The minimum Gasteiger partial charge on any atom is -0.485 e. The Morgan fingerprint density at radius 2 is 2.09 bits per heavy atom. The Morgan fingerprint density at radius 1 is 1.22 bits per heavy atom. The van der Waals surface area contributed by atoms with Crippen LogP contribution in [0.3, 0.4) is 0 Å². The van der Waals surface area contributed by atoms with Gasteiger partial charge in [-0.15, -0.1) is 0 Å². The Hall–Kier alpha value is -1.92. The van der Waals surface area contributed by atoms with Crippen LogP contribution in [-0.4, -0.2) is 40.3 Å². The molecule has 0 radical (unpaired) electrons. The molecule has 0 amide bonds. The lowest BCUT2D eigenvalue weighted by Crippen LogP contribution is -2.54. The van der Waals surface area contributed by atoms with Gasteiger partial charge in [0, 0.05) is 18.6 Å². The maximum absolute atomic E-state index is 6.02. The lowest BCUT2D eigenvalue weighted by Gasteiger charge is -2.46. The Labute approximate surface area is 134 Å². The predicted molar refractivity (Wildman–Crippen MR) is 80.8 cm³/mol. The van der Waals surface area contributed by atoms with Gasteiger partial charge in [0.25, 0.3) is 5.89 Å². The standard InChI is InChI=1S/C17H19N3O3/c1-2-4-13(5-3-1)21-10-15-18-16(23-19-15)14-9-20-8-12-6-17(20,7-12)11-22-14/h1-5,12,14H,6-11H2. The van der Waals surface area contributed by atoms with Crippen LogP contribution in [0.2, 0.25) is 0 Å². The molecule has 4 fully saturated rings. The summed E-state index contributed by atoms with van der Waals surface area (Å²) in [6.07, 6.45) is 2.47. The van der Waals surface area contributed by atoms with Gasteiger partial charge in [-0.2, -0.15) is 4.98 Å². The zero-order chi connectivity index (χ0) is 15.3. The molecule has 1 aromatic carbocycles. The third-order valence-electron chi connectivity index (χ3n) is 5.30. The second-order valence-electron chi connectivity index (χ2n) is 6.85.